The molecule has 0 fully saturated rings. The summed E-state index contributed by atoms with van der Waals surface area (Å²) in [5, 5.41) is -0.142. The van der Waals surface area contributed by atoms with Crippen LogP contribution in [0.2, 0.25) is 0 Å². The van der Waals surface area contributed by atoms with Crippen LogP contribution in [0.4, 0.5) is 8.78 Å². The van der Waals surface area contributed by atoms with Gasteiger partial charge < -0.3 is 5.73 Å². The van der Waals surface area contributed by atoms with Crippen LogP contribution < -0.4 is 11.3 Å². The lowest BCUT2D eigenvalue weighted by Crippen LogP contribution is -2.28. The molecule has 2 N–H and O–H groups in total. The Labute approximate surface area is 124 Å². The SMILES string of the molecule is C[C@H](N)c1nc2cccc(F)c2c(=O)n1-c1cccc(F)c1. The maximum Gasteiger partial charge on any atom is 0.269 e. The van der Waals surface area contributed by atoms with Gasteiger partial charge in [-0.15, -0.1) is 0 Å². The largest absolute Gasteiger partial charge is 0.322 e. The maximum atomic E-state index is 14.0. The van der Waals surface area contributed by atoms with Crippen molar-refractivity contribution >= 4 is 10.9 Å². The zero-order chi connectivity index (χ0) is 15.9. The Balaban J connectivity index is 2.46. The molecule has 0 saturated heterocycles. The van der Waals surface area contributed by atoms with Gasteiger partial charge in [0.25, 0.3) is 5.56 Å². The highest BCUT2D eigenvalue weighted by molar-refractivity contribution is 5.78. The second-order valence-electron chi connectivity index (χ2n) is 5.01. The second kappa shape index (κ2) is 5.31. The summed E-state index contributed by atoms with van der Waals surface area (Å²) in [5.41, 5.74) is 5.75. The lowest BCUT2D eigenvalue weighted by Gasteiger charge is -2.16. The van der Waals surface area contributed by atoms with Gasteiger partial charge in [0.1, 0.15) is 22.8 Å². The Morgan fingerprint density at radius 3 is 2.59 bits per heavy atom. The molecular weight excluding hydrogens is 288 g/mol. The summed E-state index contributed by atoms with van der Waals surface area (Å²) < 4.78 is 28.6. The first-order valence-corrected chi connectivity index (χ1v) is 6.71. The highest BCUT2D eigenvalue weighted by atomic mass is 19.1. The monoisotopic (exact) mass is 301 g/mol. The Morgan fingerprint density at radius 2 is 1.91 bits per heavy atom. The number of rotatable bonds is 2. The van der Waals surface area contributed by atoms with E-state index in [1.165, 1.54) is 30.3 Å². The molecule has 0 saturated carbocycles. The molecule has 22 heavy (non-hydrogen) atoms. The van der Waals surface area contributed by atoms with E-state index in [2.05, 4.69) is 4.98 Å². The van der Waals surface area contributed by atoms with E-state index in [-0.39, 0.29) is 22.4 Å². The van der Waals surface area contributed by atoms with E-state index in [1.807, 2.05) is 0 Å². The van der Waals surface area contributed by atoms with Gasteiger partial charge in [-0.05, 0) is 37.3 Å². The molecule has 4 nitrogen and oxygen atoms in total. The van der Waals surface area contributed by atoms with Crippen molar-refractivity contribution in [3.05, 3.63) is 70.3 Å². The molecule has 0 radical (unpaired) electrons. The summed E-state index contributed by atoms with van der Waals surface area (Å²) in [5.74, 6) is -0.932. The number of benzene rings is 2. The van der Waals surface area contributed by atoms with E-state index in [1.54, 1.807) is 19.1 Å². The molecule has 0 aliphatic carbocycles. The van der Waals surface area contributed by atoms with Crippen LogP contribution in [-0.4, -0.2) is 9.55 Å². The number of nitrogens with two attached hydrogens (primary N) is 1. The van der Waals surface area contributed by atoms with Crippen molar-refractivity contribution in [3.8, 4) is 5.69 Å². The molecule has 1 aromatic heterocycles. The number of fused-ring (bicyclic) bond motifs is 1. The fourth-order valence-corrected chi connectivity index (χ4v) is 2.38. The summed E-state index contributed by atoms with van der Waals surface area (Å²) in [6.07, 6.45) is 0. The highest BCUT2D eigenvalue weighted by Crippen LogP contribution is 2.18. The van der Waals surface area contributed by atoms with E-state index in [4.69, 9.17) is 5.73 Å². The van der Waals surface area contributed by atoms with Crippen molar-refractivity contribution in [2.75, 3.05) is 0 Å². The molecule has 1 atom stereocenters. The molecule has 0 aliphatic rings. The number of hydrogen-bond donors (Lipinski definition) is 1. The zero-order valence-corrected chi connectivity index (χ0v) is 11.8. The van der Waals surface area contributed by atoms with Crippen LogP contribution in [0.3, 0.4) is 0 Å². The lowest BCUT2D eigenvalue weighted by atomic mass is 10.2. The van der Waals surface area contributed by atoms with Crippen LogP contribution in [-0.2, 0) is 0 Å². The minimum absolute atomic E-state index is 0.142. The minimum atomic E-state index is -0.670. The molecule has 6 heteroatoms. The maximum absolute atomic E-state index is 14.0. The van der Waals surface area contributed by atoms with E-state index in [9.17, 15) is 13.6 Å². The first-order chi connectivity index (χ1) is 10.5. The van der Waals surface area contributed by atoms with E-state index in [0.717, 1.165) is 4.57 Å². The molecule has 0 amide bonds. The Kier molecular flexibility index (Phi) is 3.46. The summed E-state index contributed by atoms with van der Waals surface area (Å²) >= 11 is 0. The molecule has 1 heterocycles. The summed E-state index contributed by atoms with van der Waals surface area (Å²) in [4.78, 5) is 17.0. The number of nitrogens with zero attached hydrogens (tertiary/aromatic N) is 2. The normalized spacial score (nSPS) is 12.5. The lowest BCUT2D eigenvalue weighted by molar-refractivity contribution is 0.622. The van der Waals surface area contributed by atoms with E-state index in [0.29, 0.717) is 0 Å². The quantitative estimate of drug-likeness (QED) is 0.791. The van der Waals surface area contributed by atoms with Crippen LogP contribution in [0.15, 0.2) is 47.3 Å². The van der Waals surface area contributed by atoms with Crippen LogP contribution in [0.5, 0.6) is 0 Å². The molecule has 0 aliphatic heterocycles. The smallest absolute Gasteiger partial charge is 0.269 e. The van der Waals surface area contributed by atoms with Gasteiger partial charge in [-0.2, -0.15) is 0 Å². The van der Waals surface area contributed by atoms with Gasteiger partial charge in [0.05, 0.1) is 17.2 Å². The van der Waals surface area contributed by atoms with Crippen molar-refractivity contribution in [3.63, 3.8) is 0 Å². The topological polar surface area (TPSA) is 60.9 Å². The van der Waals surface area contributed by atoms with Crippen molar-refractivity contribution in [1.29, 1.82) is 0 Å². The molecule has 3 aromatic rings. The highest BCUT2D eigenvalue weighted by Gasteiger charge is 2.17. The fourth-order valence-electron chi connectivity index (χ4n) is 2.38. The van der Waals surface area contributed by atoms with Crippen LogP contribution in [0.25, 0.3) is 16.6 Å². The first kappa shape index (κ1) is 14.3. The van der Waals surface area contributed by atoms with Gasteiger partial charge in [0.15, 0.2) is 0 Å². The van der Waals surface area contributed by atoms with E-state index >= 15 is 0 Å². The Hall–Kier alpha value is -2.60. The van der Waals surface area contributed by atoms with Crippen LogP contribution >= 0.6 is 0 Å². The molecule has 2 aromatic carbocycles. The zero-order valence-electron chi connectivity index (χ0n) is 11.8. The van der Waals surface area contributed by atoms with Crippen molar-refractivity contribution in [2.24, 2.45) is 5.73 Å². The van der Waals surface area contributed by atoms with E-state index < -0.39 is 23.2 Å². The van der Waals surface area contributed by atoms with Crippen molar-refractivity contribution in [1.82, 2.24) is 9.55 Å². The average molecular weight is 301 g/mol. The third-order valence-corrected chi connectivity index (χ3v) is 3.35. The molecule has 0 bridgehead atoms. The summed E-state index contributed by atoms with van der Waals surface area (Å²) in [6, 6.07) is 9.08. The number of aromatic nitrogens is 2. The van der Waals surface area contributed by atoms with Crippen LogP contribution in [0.1, 0.15) is 18.8 Å². The summed E-state index contributed by atoms with van der Waals surface area (Å²) in [7, 11) is 0. The number of halogens is 2. The predicted octanol–water partition coefficient (Wildman–Crippen LogP) is 2.68. The fraction of sp³-hybridized carbons (Fsp3) is 0.125. The molecule has 0 spiro atoms. The second-order valence-corrected chi connectivity index (χ2v) is 5.01. The van der Waals surface area contributed by atoms with Crippen molar-refractivity contribution in [2.45, 2.75) is 13.0 Å². The average Bonchev–Trinajstić information content (AvgIpc) is 2.46. The summed E-state index contributed by atoms with van der Waals surface area (Å²) in [6.45, 7) is 1.66. The Bertz CT molecular complexity index is 919. The number of hydrogen-bond acceptors (Lipinski definition) is 3. The van der Waals surface area contributed by atoms with Gasteiger partial charge in [-0.1, -0.05) is 12.1 Å². The first-order valence-electron chi connectivity index (χ1n) is 6.71. The molecule has 3 rings (SSSR count). The van der Waals surface area contributed by atoms with Gasteiger partial charge in [0.2, 0.25) is 0 Å². The standard InChI is InChI=1S/C16H13F2N3O/c1-9(19)15-20-13-7-3-6-12(18)14(13)16(22)21(15)11-5-2-4-10(17)8-11/h2-9H,19H2,1H3/t9-/m0/s1. The Morgan fingerprint density at radius 1 is 1.18 bits per heavy atom. The van der Waals surface area contributed by atoms with Gasteiger partial charge in [-0.3, -0.25) is 9.36 Å². The molecule has 112 valence electrons. The third kappa shape index (κ3) is 2.27. The predicted molar refractivity (Wildman–Crippen MR) is 79.9 cm³/mol. The van der Waals surface area contributed by atoms with Gasteiger partial charge >= 0.3 is 0 Å². The minimum Gasteiger partial charge on any atom is -0.322 e. The van der Waals surface area contributed by atoms with Crippen molar-refractivity contribution < 1.29 is 8.78 Å². The molecule has 0 unspecified atom stereocenters. The van der Waals surface area contributed by atoms with Gasteiger partial charge in [0, 0.05) is 0 Å². The van der Waals surface area contributed by atoms with Crippen LogP contribution in [0, 0.1) is 11.6 Å². The molecular formula is C16H13F2N3O. The van der Waals surface area contributed by atoms with Gasteiger partial charge in [-0.25, -0.2) is 13.8 Å². The third-order valence-electron chi connectivity index (χ3n) is 3.35.